The van der Waals surface area contributed by atoms with E-state index in [1.54, 1.807) is 27.9 Å². The quantitative estimate of drug-likeness (QED) is 0.874. The average molecular weight is 264 g/mol. The number of carboxylic acids is 1. The number of para-hydroxylation sites is 1. The van der Waals surface area contributed by atoms with Crippen LogP contribution in [0.5, 0.6) is 0 Å². The van der Waals surface area contributed by atoms with Crippen LogP contribution < -0.4 is 4.90 Å². The lowest BCUT2D eigenvalue weighted by Crippen LogP contribution is -2.51. The number of hydrogen-bond donors (Lipinski definition) is 1. The first-order valence-corrected chi connectivity index (χ1v) is 6.03. The molecule has 0 aliphatic heterocycles. The SMILES string of the molecule is CN(C(=O)CN(C)C(C)(C)C(=O)O)c1ccccc1. The van der Waals surface area contributed by atoms with Crippen LogP contribution >= 0.6 is 0 Å². The lowest BCUT2D eigenvalue weighted by Gasteiger charge is -2.32. The van der Waals surface area contributed by atoms with Crippen molar-refractivity contribution in [2.45, 2.75) is 19.4 Å². The zero-order valence-corrected chi connectivity index (χ0v) is 11.8. The lowest BCUT2D eigenvalue weighted by molar-refractivity contribution is -0.149. The van der Waals surface area contributed by atoms with Crippen molar-refractivity contribution in [3.8, 4) is 0 Å². The highest BCUT2D eigenvalue weighted by atomic mass is 16.4. The Morgan fingerprint density at radius 3 is 2.16 bits per heavy atom. The van der Waals surface area contributed by atoms with Gasteiger partial charge in [-0.2, -0.15) is 0 Å². The molecule has 0 saturated carbocycles. The van der Waals surface area contributed by atoms with Crippen LogP contribution in [-0.2, 0) is 9.59 Å². The summed E-state index contributed by atoms with van der Waals surface area (Å²) in [6, 6.07) is 9.25. The predicted molar refractivity (Wildman–Crippen MR) is 74.2 cm³/mol. The molecule has 1 N–H and O–H groups in total. The second kappa shape index (κ2) is 5.84. The van der Waals surface area contributed by atoms with Crippen LogP contribution in [0.2, 0.25) is 0 Å². The van der Waals surface area contributed by atoms with Crippen LogP contribution in [0.4, 0.5) is 5.69 Å². The summed E-state index contributed by atoms with van der Waals surface area (Å²) in [4.78, 5) is 26.3. The molecule has 104 valence electrons. The molecule has 0 radical (unpaired) electrons. The van der Waals surface area contributed by atoms with Crippen molar-refractivity contribution in [1.29, 1.82) is 0 Å². The number of likely N-dealkylation sites (N-methyl/N-ethyl adjacent to an activating group) is 2. The Balaban J connectivity index is 2.73. The molecule has 1 aromatic rings. The van der Waals surface area contributed by atoms with Gasteiger partial charge in [0.05, 0.1) is 6.54 Å². The van der Waals surface area contributed by atoms with Gasteiger partial charge in [0, 0.05) is 12.7 Å². The molecular formula is C14H20N2O3. The number of nitrogens with zero attached hydrogens (tertiary/aromatic N) is 2. The van der Waals surface area contributed by atoms with Crippen molar-refractivity contribution in [1.82, 2.24) is 4.90 Å². The van der Waals surface area contributed by atoms with E-state index in [-0.39, 0.29) is 12.5 Å². The van der Waals surface area contributed by atoms with E-state index in [9.17, 15) is 9.59 Å². The molecule has 0 aromatic heterocycles. The minimum Gasteiger partial charge on any atom is -0.480 e. The van der Waals surface area contributed by atoms with E-state index in [1.807, 2.05) is 30.3 Å². The van der Waals surface area contributed by atoms with Gasteiger partial charge < -0.3 is 10.0 Å². The van der Waals surface area contributed by atoms with Crippen molar-refractivity contribution in [3.05, 3.63) is 30.3 Å². The minimum absolute atomic E-state index is 0.0463. The lowest BCUT2D eigenvalue weighted by atomic mass is 10.0. The highest BCUT2D eigenvalue weighted by molar-refractivity contribution is 5.94. The third kappa shape index (κ3) is 3.54. The second-order valence-corrected chi connectivity index (χ2v) is 5.01. The normalized spacial score (nSPS) is 11.4. The molecule has 0 saturated heterocycles. The first-order chi connectivity index (χ1) is 8.76. The van der Waals surface area contributed by atoms with Crippen molar-refractivity contribution >= 4 is 17.6 Å². The highest BCUT2D eigenvalue weighted by Gasteiger charge is 2.33. The van der Waals surface area contributed by atoms with Crippen molar-refractivity contribution in [2.75, 3.05) is 25.5 Å². The number of carboxylic acid groups (broad SMARTS) is 1. The van der Waals surface area contributed by atoms with E-state index >= 15 is 0 Å². The van der Waals surface area contributed by atoms with Crippen LogP contribution in [0.3, 0.4) is 0 Å². The molecule has 1 amide bonds. The summed E-state index contributed by atoms with van der Waals surface area (Å²) < 4.78 is 0. The fourth-order valence-electron chi connectivity index (χ4n) is 1.47. The van der Waals surface area contributed by atoms with Gasteiger partial charge in [-0.3, -0.25) is 14.5 Å². The predicted octanol–water partition coefficient (Wildman–Crippen LogP) is 1.44. The number of hydrogen-bond acceptors (Lipinski definition) is 3. The van der Waals surface area contributed by atoms with Gasteiger partial charge >= 0.3 is 5.97 Å². The van der Waals surface area contributed by atoms with Crippen LogP contribution in [0.1, 0.15) is 13.8 Å². The minimum atomic E-state index is -1.08. The van der Waals surface area contributed by atoms with E-state index in [2.05, 4.69) is 0 Å². The maximum Gasteiger partial charge on any atom is 0.323 e. The van der Waals surface area contributed by atoms with Gasteiger partial charge in [0.2, 0.25) is 5.91 Å². The Kier molecular flexibility index (Phi) is 4.67. The molecule has 0 spiro atoms. The van der Waals surface area contributed by atoms with Gasteiger partial charge in [-0.25, -0.2) is 0 Å². The molecule has 0 atom stereocenters. The van der Waals surface area contributed by atoms with Gasteiger partial charge in [0.25, 0.3) is 0 Å². The van der Waals surface area contributed by atoms with Gasteiger partial charge in [-0.05, 0) is 33.0 Å². The average Bonchev–Trinajstić information content (AvgIpc) is 2.38. The number of aliphatic carboxylic acids is 1. The van der Waals surface area contributed by atoms with Crippen LogP contribution in [0, 0.1) is 0 Å². The van der Waals surface area contributed by atoms with Crippen molar-refractivity contribution < 1.29 is 14.7 Å². The summed E-state index contributed by atoms with van der Waals surface area (Å²) in [6.45, 7) is 3.20. The molecule has 0 unspecified atom stereocenters. The smallest absolute Gasteiger partial charge is 0.323 e. The van der Waals surface area contributed by atoms with E-state index in [0.717, 1.165) is 5.69 Å². The van der Waals surface area contributed by atoms with Crippen LogP contribution in [0.25, 0.3) is 0 Å². The maximum absolute atomic E-state index is 12.1. The third-order valence-electron chi connectivity index (χ3n) is 3.37. The van der Waals surface area contributed by atoms with Crippen molar-refractivity contribution in [3.63, 3.8) is 0 Å². The zero-order chi connectivity index (χ0) is 14.6. The van der Waals surface area contributed by atoms with E-state index in [0.29, 0.717) is 0 Å². The first kappa shape index (κ1) is 15.2. The summed E-state index contributed by atoms with van der Waals surface area (Å²) in [5.41, 5.74) is -0.290. The number of anilines is 1. The Labute approximate surface area is 113 Å². The molecule has 0 fully saturated rings. The third-order valence-corrected chi connectivity index (χ3v) is 3.37. The molecule has 5 heteroatoms. The Morgan fingerprint density at radius 1 is 1.16 bits per heavy atom. The van der Waals surface area contributed by atoms with Gasteiger partial charge in [0.15, 0.2) is 0 Å². The summed E-state index contributed by atoms with van der Waals surface area (Å²) >= 11 is 0. The summed E-state index contributed by atoms with van der Waals surface area (Å²) in [5.74, 6) is -1.10. The van der Waals surface area contributed by atoms with Crippen LogP contribution in [-0.4, -0.2) is 48.1 Å². The Morgan fingerprint density at radius 2 is 1.68 bits per heavy atom. The van der Waals surface area contributed by atoms with Crippen molar-refractivity contribution in [2.24, 2.45) is 0 Å². The topological polar surface area (TPSA) is 60.9 Å². The monoisotopic (exact) mass is 264 g/mol. The molecule has 0 heterocycles. The summed E-state index contributed by atoms with van der Waals surface area (Å²) in [6.07, 6.45) is 0. The summed E-state index contributed by atoms with van der Waals surface area (Å²) in [7, 11) is 3.31. The molecule has 1 aromatic carbocycles. The van der Waals surface area contributed by atoms with E-state index < -0.39 is 11.5 Å². The summed E-state index contributed by atoms with van der Waals surface area (Å²) in [5, 5.41) is 9.11. The molecule has 0 aliphatic carbocycles. The number of carbonyl (C=O) groups is 2. The van der Waals surface area contributed by atoms with Crippen LogP contribution in [0.15, 0.2) is 30.3 Å². The first-order valence-electron chi connectivity index (χ1n) is 6.03. The number of carbonyl (C=O) groups excluding carboxylic acids is 1. The van der Waals surface area contributed by atoms with Gasteiger partial charge in [0.1, 0.15) is 5.54 Å². The maximum atomic E-state index is 12.1. The number of benzene rings is 1. The highest BCUT2D eigenvalue weighted by Crippen LogP contribution is 2.15. The Hall–Kier alpha value is -1.88. The van der Waals surface area contributed by atoms with E-state index in [1.165, 1.54) is 9.80 Å². The molecule has 19 heavy (non-hydrogen) atoms. The molecule has 1 rings (SSSR count). The molecule has 5 nitrogen and oxygen atoms in total. The largest absolute Gasteiger partial charge is 0.480 e. The van der Waals surface area contributed by atoms with E-state index in [4.69, 9.17) is 5.11 Å². The van der Waals surface area contributed by atoms with Gasteiger partial charge in [-0.15, -0.1) is 0 Å². The zero-order valence-electron chi connectivity index (χ0n) is 11.8. The number of rotatable bonds is 5. The standard InChI is InChI=1S/C14H20N2O3/c1-14(2,13(18)19)15(3)10-12(17)16(4)11-8-6-5-7-9-11/h5-9H,10H2,1-4H3,(H,18,19). The molecular weight excluding hydrogens is 244 g/mol. The fraction of sp³-hybridized carbons (Fsp3) is 0.429. The number of amides is 1. The Bertz CT molecular complexity index is 457. The molecule has 0 aliphatic rings. The fourth-order valence-corrected chi connectivity index (χ4v) is 1.47. The van der Waals surface area contributed by atoms with Gasteiger partial charge in [-0.1, -0.05) is 18.2 Å². The molecule has 0 bridgehead atoms. The second-order valence-electron chi connectivity index (χ2n) is 5.01.